The lowest BCUT2D eigenvalue weighted by Crippen LogP contribution is -2.40. The number of nitrogens with zero attached hydrogens (tertiary/aromatic N) is 3. The summed E-state index contributed by atoms with van der Waals surface area (Å²) < 4.78 is 0. The standard InChI is InChI=1S/C16H27N5/c1-2-5-13-14(20-17)18-12-19-15(13)21-10-8-16(9-11-21)6-3-4-7-16/h12H,2-11,17H2,1H3,(H,18,19,20). The van der Waals surface area contributed by atoms with Crippen LogP contribution in [0.2, 0.25) is 0 Å². The van der Waals surface area contributed by atoms with Crippen LogP contribution in [-0.2, 0) is 6.42 Å². The lowest BCUT2D eigenvalue weighted by Gasteiger charge is -2.40. The van der Waals surface area contributed by atoms with Crippen LogP contribution in [0.25, 0.3) is 0 Å². The van der Waals surface area contributed by atoms with Gasteiger partial charge in [0.2, 0.25) is 0 Å². The second-order valence-corrected chi connectivity index (χ2v) is 6.61. The van der Waals surface area contributed by atoms with Crippen LogP contribution in [0, 0.1) is 5.41 Å². The number of nitrogens with two attached hydrogens (primary N) is 1. The SMILES string of the molecule is CCCc1c(NN)ncnc1N1CCC2(CCCC2)CC1. The van der Waals surface area contributed by atoms with Crippen molar-refractivity contribution in [1.29, 1.82) is 0 Å². The van der Waals surface area contributed by atoms with Gasteiger partial charge in [-0.3, -0.25) is 0 Å². The second-order valence-electron chi connectivity index (χ2n) is 6.61. The van der Waals surface area contributed by atoms with Gasteiger partial charge in [-0.1, -0.05) is 26.2 Å². The first kappa shape index (κ1) is 14.6. The van der Waals surface area contributed by atoms with Crippen LogP contribution in [0.1, 0.15) is 57.4 Å². The third-order valence-corrected chi connectivity index (χ3v) is 5.35. The molecule has 5 nitrogen and oxygen atoms in total. The summed E-state index contributed by atoms with van der Waals surface area (Å²) in [6.07, 6.45) is 12.0. The summed E-state index contributed by atoms with van der Waals surface area (Å²) in [6.45, 7) is 4.43. The predicted octanol–water partition coefficient (Wildman–Crippen LogP) is 2.88. The molecule has 0 atom stereocenters. The Morgan fingerprint density at radius 2 is 1.90 bits per heavy atom. The second kappa shape index (κ2) is 6.18. The van der Waals surface area contributed by atoms with Crippen LogP contribution in [0.3, 0.4) is 0 Å². The minimum atomic E-state index is 0.642. The Kier molecular flexibility index (Phi) is 4.29. The van der Waals surface area contributed by atoms with Crippen LogP contribution in [0.5, 0.6) is 0 Å². The molecular weight excluding hydrogens is 262 g/mol. The molecule has 1 saturated carbocycles. The molecule has 2 fully saturated rings. The number of rotatable bonds is 4. The van der Waals surface area contributed by atoms with Gasteiger partial charge in [-0.25, -0.2) is 15.8 Å². The van der Waals surface area contributed by atoms with Crippen molar-refractivity contribution in [2.75, 3.05) is 23.4 Å². The topological polar surface area (TPSA) is 67.1 Å². The third-order valence-electron chi connectivity index (χ3n) is 5.35. The van der Waals surface area contributed by atoms with Gasteiger partial charge in [0, 0.05) is 18.7 Å². The van der Waals surface area contributed by atoms with E-state index in [-0.39, 0.29) is 0 Å². The fraction of sp³-hybridized carbons (Fsp3) is 0.750. The Bertz CT molecular complexity index is 472. The lowest BCUT2D eigenvalue weighted by atomic mass is 9.77. The smallest absolute Gasteiger partial charge is 0.148 e. The molecule has 3 rings (SSSR count). The Labute approximate surface area is 127 Å². The van der Waals surface area contributed by atoms with E-state index < -0.39 is 0 Å². The maximum Gasteiger partial charge on any atom is 0.148 e. The van der Waals surface area contributed by atoms with Crippen molar-refractivity contribution in [3.63, 3.8) is 0 Å². The van der Waals surface area contributed by atoms with E-state index in [2.05, 4.69) is 27.2 Å². The zero-order valence-electron chi connectivity index (χ0n) is 13.1. The molecule has 116 valence electrons. The summed E-state index contributed by atoms with van der Waals surface area (Å²) in [5.74, 6) is 7.49. The minimum Gasteiger partial charge on any atom is -0.356 e. The van der Waals surface area contributed by atoms with Gasteiger partial charge < -0.3 is 10.3 Å². The molecule has 2 heterocycles. The first-order chi connectivity index (χ1) is 10.3. The van der Waals surface area contributed by atoms with Crippen LogP contribution < -0.4 is 16.2 Å². The van der Waals surface area contributed by atoms with E-state index in [0.717, 1.165) is 37.6 Å². The van der Waals surface area contributed by atoms with E-state index in [1.165, 1.54) is 44.1 Å². The van der Waals surface area contributed by atoms with Crippen LogP contribution in [0.4, 0.5) is 11.6 Å². The van der Waals surface area contributed by atoms with Gasteiger partial charge in [-0.15, -0.1) is 0 Å². The summed E-state index contributed by atoms with van der Waals surface area (Å²) in [6, 6.07) is 0. The van der Waals surface area contributed by atoms with Gasteiger partial charge in [0.05, 0.1) is 0 Å². The molecular formula is C16H27N5. The Morgan fingerprint density at radius 3 is 2.52 bits per heavy atom. The molecule has 1 aromatic heterocycles. The van der Waals surface area contributed by atoms with E-state index in [9.17, 15) is 0 Å². The maximum absolute atomic E-state index is 5.61. The summed E-state index contributed by atoms with van der Waals surface area (Å²) in [5, 5.41) is 0. The number of nitrogen functional groups attached to an aromatic ring is 1. The molecule has 0 aromatic carbocycles. The van der Waals surface area contributed by atoms with Crippen molar-refractivity contribution in [3.8, 4) is 0 Å². The molecule has 1 aromatic rings. The van der Waals surface area contributed by atoms with Crippen molar-refractivity contribution in [1.82, 2.24) is 9.97 Å². The molecule has 0 bridgehead atoms. The Balaban J connectivity index is 1.78. The van der Waals surface area contributed by atoms with E-state index in [1.54, 1.807) is 6.33 Å². The highest BCUT2D eigenvalue weighted by Gasteiger charge is 2.37. The number of nitrogens with one attached hydrogen (secondary N) is 1. The first-order valence-corrected chi connectivity index (χ1v) is 8.33. The zero-order chi connectivity index (χ0) is 14.7. The highest BCUT2D eigenvalue weighted by Crippen LogP contribution is 2.46. The molecule has 1 aliphatic carbocycles. The van der Waals surface area contributed by atoms with Crippen molar-refractivity contribution in [2.45, 2.75) is 58.3 Å². The minimum absolute atomic E-state index is 0.642. The van der Waals surface area contributed by atoms with Gasteiger partial charge in [-0.05, 0) is 37.5 Å². The van der Waals surface area contributed by atoms with Crippen molar-refractivity contribution in [3.05, 3.63) is 11.9 Å². The summed E-state index contributed by atoms with van der Waals surface area (Å²) in [7, 11) is 0. The molecule has 1 saturated heterocycles. The molecule has 0 radical (unpaired) electrons. The van der Waals surface area contributed by atoms with Gasteiger partial charge >= 0.3 is 0 Å². The average Bonchev–Trinajstić information content (AvgIpc) is 2.97. The van der Waals surface area contributed by atoms with E-state index >= 15 is 0 Å². The maximum atomic E-state index is 5.61. The molecule has 21 heavy (non-hydrogen) atoms. The van der Waals surface area contributed by atoms with E-state index in [4.69, 9.17) is 5.84 Å². The molecule has 1 spiro atoms. The van der Waals surface area contributed by atoms with Gasteiger partial charge in [0.25, 0.3) is 0 Å². The quantitative estimate of drug-likeness (QED) is 0.659. The highest BCUT2D eigenvalue weighted by molar-refractivity contribution is 5.58. The van der Waals surface area contributed by atoms with Gasteiger partial charge in [0.1, 0.15) is 18.0 Å². The molecule has 0 unspecified atom stereocenters. The van der Waals surface area contributed by atoms with E-state index in [1.807, 2.05) is 0 Å². The Hall–Kier alpha value is -1.36. The monoisotopic (exact) mass is 289 g/mol. The lowest BCUT2D eigenvalue weighted by molar-refractivity contribution is 0.226. The average molecular weight is 289 g/mol. The van der Waals surface area contributed by atoms with Crippen LogP contribution >= 0.6 is 0 Å². The molecule has 3 N–H and O–H groups in total. The summed E-state index contributed by atoms with van der Waals surface area (Å²) in [5.41, 5.74) is 4.54. The third kappa shape index (κ3) is 2.84. The predicted molar refractivity (Wildman–Crippen MR) is 86.2 cm³/mol. The molecule has 2 aliphatic rings. The Morgan fingerprint density at radius 1 is 1.19 bits per heavy atom. The van der Waals surface area contributed by atoms with Gasteiger partial charge in [-0.2, -0.15) is 0 Å². The molecule has 1 aliphatic heterocycles. The molecule has 0 amide bonds. The first-order valence-electron chi connectivity index (χ1n) is 8.33. The summed E-state index contributed by atoms with van der Waals surface area (Å²) in [4.78, 5) is 11.3. The zero-order valence-corrected chi connectivity index (χ0v) is 13.1. The number of hydrogen-bond acceptors (Lipinski definition) is 5. The number of aromatic nitrogens is 2. The van der Waals surface area contributed by atoms with Crippen LogP contribution in [-0.4, -0.2) is 23.1 Å². The number of piperidine rings is 1. The van der Waals surface area contributed by atoms with Crippen molar-refractivity contribution >= 4 is 11.6 Å². The van der Waals surface area contributed by atoms with E-state index in [0.29, 0.717) is 5.41 Å². The normalized spacial score (nSPS) is 21.0. The number of hydrazine groups is 1. The number of anilines is 2. The fourth-order valence-electron chi connectivity index (χ4n) is 4.10. The molecule has 5 heteroatoms. The van der Waals surface area contributed by atoms with Crippen molar-refractivity contribution in [2.24, 2.45) is 11.3 Å². The largest absolute Gasteiger partial charge is 0.356 e. The fourth-order valence-corrected chi connectivity index (χ4v) is 4.10. The van der Waals surface area contributed by atoms with Crippen LogP contribution in [0.15, 0.2) is 6.33 Å². The summed E-state index contributed by atoms with van der Waals surface area (Å²) >= 11 is 0. The highest BCUT2D eigenvalue weighted by atomic mass is 15.3. The van der Waals surface area contributed by atoms with Crippen molar-refractivity contribution < 1.29 is 0 Å². The number of hydrogen-bond donors (Lipinski definition) is 2. The van der Waals surface area contributed by atoms with Gasteiger partial charge in [0.15, 0.2) is 0 Å².